The normalized spacial score (nSPS) is 16.4. The highest BCUT2D eigenvalue weighted by Gasteiger charge is 2.29. The van der Waals surface area contributed by atoms with Crippen molar-refractivity contribution in [1.29, 1.82) is 0 Å². The molecule has 174 valence electrons. The summed E-state index contributed by atoms with van der Waals surface area (Å²) in [5.41, 5.74) is 2.32. The molecule has 2 aromatic rings. The molecule has 1 aliphatic heterocycles. The highest BCUT2D eigenvalue weighted by molar-refractivity contribution is 5.84. The Hall–Kier alpha value is -2.43. The molecule has 32 heavy (non-hydrogen) atoms. The van der Waals surface area contributed by atoms with E-state index >= 15 is 0 Å². The largest absolute Gasteiger partial charge is 0.380 e. The van der Waals surface area contributed by atoms with Crippen LogP contribution in [-0.2, 0) is 17.6 Å². The first-order chi connectivity index (χ1) is 15.3. The molecular formula is C28H40N2O2. The first kappa shape index (κ1) is 25.8. The summed E-state index contributed by atoms with van der Waals surface area (Å²) in [7, 11) is 2.22. The molecular weight excluding hydrogens is 396 g/mol. The Kier molecular flexibility index (Phi) is 10.6. The number of hydrogen-bond acceptors (Lipinski definition) is 3. The summed E-state index contributed by atoms with van der Waals surface area (Å²) in [6, 6.07) is 18.8. The van der Waals surface area contributed by atoms with E-state index in [4.69, 9.17) is 0 Å². The Morgan fingerprint density at radius 1 is 1.16 bits per heavy atom. The van der Waals surface area contributed by atoms with Crippen LogP contribution in [0.25, 0.3) is 6.08 Å². The molecule has 1 saturated heterocycles. The first-order valence-corrected chi connectivity index (χ1v) is 11.8. The Balaban J connectivity index is 0.000000233. The van der Waals surface area contributed by atoms with Gasteiger partial charge in [0.2, 0.25) is 0 Å². The minimum Gasteiger partial charge on any atom is -0.380 e. The lowest BCUT2D eigenvalue weighted by Gasteiger charge is -2.28. The van der Waals surface area contributed by atoms with E-state index in [9.17, 15) is 9.90 Å². The lowest BCUT2D eigenvalue weighted by atomic mass is 9.90. The van der Waals surface area contributed by atoms with Crippen molar-refractivity contribution in [3.63, 3.8) is 0 Å². The van der Waals surface area contributed by atoms with Crippen molar-refractivity contribution in [2.75, 3.05) is 26.7 Å². The average Bonchev–Trinajstić information content (AvgIpc) is 2.81. The Morgan fingerprint density at radius 3 is 2.44 bits per heavy atom. The SMILES string of the molecule is C=Cc1cccc(CCC(C)(O)C(=O)NCC)c1.CN1CCC(Cc2ccccc2)CC1. The van der Waals surface area contributed by atoms with Crippen molar-refractivity contribution < 1.29 is 9.90 Å². The predicted molar refractivity (Wildman–Crippen MR) is 135 cm³/mol. The van der Waals surface area contributed by atoms with Gasteiger partial charge in [-0.25, -0.2) is 0 Å². The molecule has 4 heteroatoms. The van der Waals surface area contributed by atoms with Crippen LogP contribution in [0.3, 0.4) is 0 Å². The lowest BCUT2D eigenvalue weighted by Crippen LogP contribution is -2.44. The Labute approximate surface area is 194 Å². The number of nitrogens with zero attached hydrogens (tertiary/aromatic N) is 1. The summed E-state index contributed by atoms with van der Waals surface area (Å²) in [5.74, 6) is 0.596. The van der Waals surface area contributed by atoms with Gasteiger partial charge >= 0.3 is 0 Å². The van der Waals surface area contributed by atoms with Gasteiger partial charge in [0.1, 0.15) is 5.60 Å². The quantitative estimate of drug-likeness (QED) is 0.630. The molecule has 0 aliphatic carbocycles. The number of aliphatic hydroxyl groups is 1. The maximum atomic E-state index is 11.6. The number of carbonyl (C=O) groups is 1. The molecule has 1 atom stereocenters. The molecule has 4 nitrogen and oxygen atoms in total. The molecule has 1 fully saturated rings. The highest BCUT2D eigenvalue weighted by Crippen LogP contribution is 2.20. The van der Waals surface area contributed by atoms with Crippen LogP contribution in [0.1, 0.15) is 49.8 Å². The van der Waals surface area contributed by atoms with E-state index in [-0.39, 0.29) is 5.91 Å². The number of piperidine rings is 1. The highest BCUT2D eigenvalue weighted by atomic mass is 16.3. The van der Waals surface area contributed by atoms with Gasteiger partial charge in [-0.1, -0.05) is 67.3 Å². The maximum Gasteiger partial charge on any atom is 0.251 e. The minimum atomic E-state index is -1.32. The van der Waals surface area contributed by atoms with Crippen molar-refractivity contribution in [2.45, 2.75) is 51.6 Å². The van der Waals surface area contributed by atoms with Crippen LogP contribution in [0, 0.1) is 5.92 Å². The number of amides is 1. The number of aryl methyl sites for hydroxylation is 1. The number of likely N-dealkylation sites (N-methyl/N-ethyl adjacent to an activating group) is 1. The monoisotopic (exact) mass is 436 g/mol. The van der Waals surface area contributed by atoms with Crippen molar-refractivity contribution in [1.82, 2.24) is 10.2 Å². The molecule has 1 heterocycles. The number of likely N-dealkylation sites (tertiary alicyclic amines) is 1. The van der Waals surface area contributed by atoms with Crippen molar-refractivity contribution in [2.24, 2.45) is 5.92 Å². The zero-order valence-corrected chi connectivity index (χ0v) is 20.0. The van der Waals surface area contributed by atoms with E-state index < -0.39 is 5.60 Å². The fraction of sp³-hybridized carbons (Fsp3) is 0.464. The molecule has 0 aromatic heterocycles. The van der Waals surface area contributed by atoms with E-state index in [2.05, 4.69) is 54.2 Å². The second kappa shape index (κ2) is 13.2. The van der Waals surface area contributed by atoms with Crippen LogP contribution in [0.15, 0.2) is 61.2 Å². The predicted octanol–water partition coefficient (Wildman–Crippen LogP) is 4.72. The van der Waals surface area contributed by atoms with Crippen molar-refractivity contribution in [3.05, 3.63) is 77.9 Å². The topological polar surface area (TPSA) is 52.6 Å². The Morgan fingerprint density at radius 2 is 1.81 bits per heavy atom. The lowest BCUT2D eigenvalue weighted by molar-refractivity contribution is -0.138. The third-order valence-electron chi connectivity index (χ3n) is 6.12. The van der Waals surface area contributed by atoms with Gasteiger partial charge < -0.3 is 15.3 Å². The van der Waals surface area contributed by atoms with Crippen LogP contribution in [0.5, 0.6) is 0 Å². The van der Waals surface area contributed by atoms with E-state index in [0.717, 1.165) is 17.0 Å². The molecule has 1 aliphatic rings. The molecule has 1 amide bonds. The number of hydrogen-bond donors (Lipinski definition) is 2. The van der Waals surface area contributed by atoms with E-state index in [1.54, 1.807) is 13.0 Å². The third kappa shape index (κ3) is 8.97. The van der Waals surface area contributed by atoms with E-state index in [1.807, 2.05) is 31.2 Å². The zero-order valence-electron chi connectivity index (χ0n) is 20.0. The van der Waals surface area contributed by atoms with E-state index in [1.165, 1.54) is 37.9 Å². The molecule has 1 unspecified atom stereocenters. The number of rotatable bonds is 8. The van der Waals surface area contributed by atoms with Gasteiger partial charge in [0.05, 0.1) is 0 Å². The van der Waals surface area contributed by atoms with Crippen molar-refractivity contribution >= 4 is 12.0 Å². The van der Waals surface area contributed by atoms with Gasteiger partial charge in [-0.3, -0.25) is 4.79 Å². The summed E-state index contributed by atoms with van der Waals surface area (Å²) < 4.78 is 0. The van der Waals surface area contributed by atoms with Gasteiger partial charge in [-0.15, -0.1) is 0 Å². The standard InChI is InChI=1S/C15H21NO2.C13H19N/c1-4-12-7-6-8-13(11-12)9-10-15(3,18)14(17)16-5-2;1-14-9-7-13(8-10-14)11-12-5-3-2-4-6-12/h4,6-8,11,18H,1,5,9-10H2,2-3H3,(H,16,17);2-6,13H,7-11H2,1H3. The number of nitrogens with one attached hydrogen (secondary N) is 1. The Bertz CT molecular complexity index is 824. The summed E-state index contributed by atoms with van der Waals surface area (Å²) >= 11 is 0. The van der Waals surface area contributed by atoms with Crippen LogP contribution in [0.4, 0.5) is 0 Å². The van der Waals surface area contributed by atoms with Crippen LogP contribution in [0.2, 0.25) is 0 Å². The second-order valence-corrected chi connectivity index (χ2v) is 9.02. The smallest absolute Gasteiger partial charge is 0.251 e. The first-order valence-electron chi connectivity index (χ1n) is 11.8. The molecule has 0 saturated carbocycles. The van der Waals surface area contributed by atoms with Gasteiger partial charge in [-0.05, 0) is 88.7 Å². The number of carbonyl (C=O) groups excluding carboxylic acids is 1. The molecule has 3 rings (SSSR count). The van der Waals surface area contributed by atoms with Gasteiger partial charge in [0.15, 0.2) is 0 Å². The maximum absolute atomic E-state index is 11.6. The molecule has 2 N–H and O–H groups in total. The van der Waals surface area contributed by atoms with Gasteiger partial charge in [0.25, 0.3) is 5.91 Å². The minimum absolute atomic E-state index is 0.315. The average molecular weight is 437 g/mol. The van der Waals surface area contributed by atoms with Gasteiger partial charge in [-0.2, -0.15) is 0 Å². The van der Waals surface area contributed by atoms with Crippen LogP contribution < -0.4 is 5.32 Å². The van der Waals surface area contributed by atoms with E-state index in [0.29, 0.717) is 19.4 Å². The zero-order chi connectivity index (χ0) is 23.4. The molecule has 0 spiro atoms. The third-order valence-corrected chi connectivity index (χ3v) is 6.12. The fourth-order valence-corrected chi connectivity index (χ4v) is 3.94. The summed E-state index contributed by atoms with van der Waals surface area (Å²) in [6.07, 6.45) is 6.85. The second-order valence-electron chi connectivity index (χ2n) is 9.02. The molecule has 0 bridgehead atoms. The van der Waals surface area contributed by atoms with Crippen molar-refractivity contribution in [3.8, 4) is 0 Å². The van der Waals surface area contributed by atoms with Gasteiger partial charge in [0, 0.05) is 6.54 Å². The fourth-order valence-electron chi connectivity index (χ4n) is 3.94. The van der Waals surface area contributed by atoms with Crippen LogP contribution >= 0.6 is 0 Å². The summed E-state index contributed by atoms with van der Waals surface area (Å²) in [5, 5.41) is 12.7. The number of benzene rings is 2. The summed E-state index contributed by atoms with van der Waals surface area (Å²) in [4.78, 5) is 14.1. The van der Waals surface area contributed by atoms with Crippen LogP contribution in [-0.4, -0.2) is 48.2 Å². The molecule has 0 radical (unpaired) electrons. The summed E-state index contributed by atoms with van der Waals surface area (Å²) in [6.45, 7) is 10.2. The molecule has 2 aromatic carbocycles.